The fourth-order valence-corrected chi connectivity index (χ4v) is 3.59. The molecular formula is C18H23N3O2S. The summed E-state index contributed by atoms with van der Waals surface area (Å²) in [7, 11) is 1.71. The average Bonchev–Trinajstić information content (AvgIpc) is 3.23. The van der Waals surface area contributed by atoms with E-state index in [1.165, 1.54) is 0 Å². The largest absolute Gasteiger partial charge is 0.384 e. The molecule has 0 spiro atoms. The predicted molar refractivity (Wildman–Crippen MR) is 96.1 cm³/mol. The molecule has 1 fully saturated rings. The molecule has 1 aromatic heterocycles. The van der Waals surface area contributed by atoms with Gasteiger partial charge in [-0.1, -0.05) is 24.3 Å². The van der Waals surface area contributed by atoms with E-state index in [2.05, 4.69) is 27.8 Å². The van der Waals surface area contributed by atoms with Crippen LogP contribution in [0.5, 0.6) is 0 Å². The molecule has 1 unspecified atom stereocenters. The average molecular weight is 345 g/mol. The number of carbonyl (C=O) groups is 1. The standard InChI is InChI=1S/C18H23N3O2S/c1-13-20-17(12-24-13)16-5-3-14(4-6-16)9-19-18(22)21-8-7-15(10-21)11-23-2/h3-6,12,15H,7-11H2,1-2H3,(H,19,22). The summed E-state index contributed by atoms with van der Waals surface area (Å²) in [6.45, 7) is 4.86. The van der Waals surface area contributed by atoms with E-state index in [-0.39, 0.29) is 6.03 Å². The molecule has 3 rings (SSSR count). The van der Waals surface area contributed by atoms with Gasteiger partial charge in [-0.05, 0) is 18.9 Å². The SMILES string of the molecule is COCC1CCN(C(=O)NCc2ccc(-c3csc(C)n3)cc2)C1. The van der Waals surface area contributed by atoms with Crippen molar-refractivity contribution in [3.05, 3.63) is 40.2 Å². The van der Waals surface area contributed by atoms with E-state index >= 15 is 0 Å². The van der Waals surface area contributed by atoms with Crippen LogP contribution in [-0.2, 0) is 11.3 Å². The summed E-state index contributed by atoms with van der Waals surface area (Å²) < 4.78 is 5.17. The molecule has 128 valence electrons. The number of hydrogen-bond donors (Lipinski definition) is 1. The van der Waals surface area contributed by atoms with Gasteiger partial charge in [0, 0.05) is 43.6 Å². The summed E-state index contributed by atoms with van der Waals surface area (Å²) in [6.07, 6.45) is 1.02. The minimum atomic E-state index is 0.00723. The zero-order valence-electron chi connectivity index (χ0n) is 14.1. The number of benzene rings is 1. The Hall–Kier alpha value is -1.92. The highest BCUT2D eigenvalue weighted by atomic mass is 32.1. The number of hydrogen-bond acceptors (Lipinski definition) is 4. The van der Waals surface area contributed by atoms with E-state index in [1.54, 1.807) is 18.4 Å². The van der Waals surface area contributed by atoms with E-state index in [4.69, 9.17) is 4.74 Å². The van der Waals surface area contributed by atoms with Gasteiger partial charge in [0.05, 0.1) is 17.3 Å². The highest BCUT2D eigenvalue weighted by Crippen LogP contribution is 2.22. The minimum absolute atomic E-state index is 0.00723. The number of likely N-dealkylation sites (tertiary alicyclic amines) is 1. The predicted octanol–water partition coefficient (Wildman–Crippen LogP) is 3.30. The van der Waals surface area contributed by atoms with Gasteiger partial charge in [0.15, 0.2) is 0 Å². The number of amides is 2. The monoisotopic (exact) mass is 345 g/mol. The number of nitrogens with zero attached hydrogens (tertiary/aromatic N) is 2. The molecule has 2 amide bonds. The number of thiazole rings is 1. The van der Waals surface area contributed by atoms with Gasteiger partial charge >= 0.3 is 6.03 Å². The van der Waals surface area contributed by atoms with Gasteiger partial charge in [-0.3, -0.25) is 0 Å². The first-order valence-electron chi connectivity index (χ1n) is 8.19. The van der Waals surface area contributed by atoms with E-state index in [0.717, 1.165) is 47.9 Å². The molecule has 1 aliphatic heterocycles. The smallest absolute Gasteiger partial charge is 0.317 e. The van der Waals surface area contributed by atoms with Crippen molar-refractivity contribution in [1.29, 1.82) is 0 Å². The Morgan fingerprint density at radius 1 is 1.42 bits per heavy atom. The number of rotatable bonds is 5. The number of aromatic nitrogens is 1. The normalized spacial score (nSPS) is 17.2. The molecule has 0 radical (unpaired) electrons. The van der Waals surface area contributed by atoms with Crippen LogP contribution in [0.3, 0.4) is 0 Å². The molecule has 24 heavy (non-hydrogen) atoms. The summed E-state index contributed by atoms with van der Waals surface area (Å²) in [5.74, 6) is 0.460. The van der Waals surface area contributed by atoms with Crippen molar-refractivity contribution in [3.8, 4) is 11.3 Å². The van der Waals surface area contributed by atoms with Crippen molar-refractivity contribution in [2.24, 2.45) is 5.92 Å². The molecule has 5 nitrogen and oxygen atoms in total. The Morgan fingerprint density at radius 3 is 2.88 bits per heavy atom. The second kappa shape index (κ2) is 7.77. The Balaban J connectivity index is 1.51. The highest BCUT2D eigenvalue weighted by Gasteiger charge is 2.25. The summed E-state index contributed by atoms with van der Waals surface area (Å²) in [5, 5.41) is 6.13. The molecule has 2 heterocycles. The Morgan fingerprint density at radius 2 is 2.21 bits per heavy atom. The number of methoxy groups -OCH3 is 1. The first-order valence-corrected chi connectivity index (χ1v) is 9.07. The zero-order chi connectivity index (χ0) is 16.9. The first-order chi connectivity index (χ1) is 11.7. The second-order valence-electron chi connectivity index (χ2n) is 6.16. The molecule has 0 bridgehead atoms. The molecule has 1 saturated heterocycles. The number of urea groups is 1. The van der Waals surface area contributed by atoms with Crippen LogP contribution in [0.25, 0.3) is 11.3 Å². The van der Waals surface area contributed by atoms with Crippen molar-refractivity contribution in [2.45, 2.75) is 19.9 Å². The van der Waals surface area contributed by atoms with Crippen molar-refractivity contribution in [2.75, 3.05) is 26.8 Å². The van der Waals surface area contributed by atoms with Gasteiger partial charge in [0.1, 0.15) is 0 Å². The summed E-state index contributed by atoms with van der Waals surface area (Å²) in [6, 6.07) is 8.21. The van der Waals surface area contributed by atoms with Gasteiger partial charge in [0.2, 0.25) is 0 Å². The van der Waals surface area contributed by atoms with Gasteiger partial charge < -0.3 is 15.0 Å². The fraction of sp³-hybridized carbons (Fsp3) is 0.444. The van der Waals surface area contributed by atoms with Gasteiger partial charge in [-0.2, -0.15) is 0 Å². The molecule has 0 saturated carbocycles. The third-order valence-electron chi connectivity index (χ3n) is 4.29. The molecule has 2 aromatic rings. The number of ether oxygens (including phenoxy) is 1. The summed E-state index contributed by atoms with van der Waals surface area (Å²) >= 11 is 1.65. The van der Waals surface area contributed by atoms with Gasteiger partial charge in [-0.25, -0.2) is 9.78 Å². The third kappa shape index (κ3) is 4.13. The number of nitrogens with one attached hydrogen (secondary N) is 1. The zero-order valence-corrected chi connectivity index (χ0v) is 14.9. The molecule has 1 N–H and O–H groups in total. The van der Waals surface area contributed by atoms with Crippen LogP contribution in [0.15, 0.2) is 29.6 Å². The van der Waals surface area contributed by atoms with Crippen LogP contribution >= 0.6 is 11.3 Å². The van der Waals surface area contributed by atoms with Crippen LogP contribution in [0, 0.1) is 12.8 Å². The van der Waals surface area contributed by atoms with Crippen LogP contribution in [0.1, 0.15) is 17.0 Å². The molecule has 6 heteroatoms. The minimum Gasteiger partial charge on any atom is -0.384 e. The highest BCUT2D eigenvalue weighted by molar-refractivity contribution is 7.09. The van der Waals surface area contributed by atoms with Crippen LogP contribution in [0.2, 0.25) is 0 Å². The van der Waals surface area contributed by atoms with E-state index in [9.17, 15) is 4.79 Å². The van der Waals surface area contributed by atoms with E-state index < -0.39 is 0 Å². The van der Waals surface area contributed by atoms with Gasteiger partial charge in [-0.15, -0.1) is 11.3 Å². The Labute approximate surface area is 146 Å². The van der Waals surface area contributed by atoms with Crippen molar-refractivity contribution in [3.63, 3.8) is 0 Å². The Kier molecular flexibility index (Phi) is 5.48. The molecule has 1 aromatic carbocycles. The number of aryl methyl sites for hydroxylation is 1. The van der Waals surface area contributed by atoms with Gasteiger partial charge in [0.25, 0.3) is 0 Å². The summed E-state index contributed by atoms with van der Waals surface area (Å²) in [5.41, 5.74) is 3.21. The lowest BCUT2D eigenvalue weighted by Crippen LogP contribution is -2.38. The van der Waals surface area contributed by atoms with Crippen molar-refractivity contribution in [1.82, 2.24) is 15.2 Å². The lowest BCUT2D eigenvalue weighted by Gasteiger charge is -2.17. The maximum absolute atomic E-state index is 12.2. The first kappa shape index (κ1) is 16.9. The van der Waals surface area contributed by atoms with Crippen molar-refractivity contribution >= 4 is 17.4 Å². The van der Waals surface area contributed by atoms with Crippen molar-refractivity contribution < 1.29 is 9.53 Å². The lowest BCUT2D eigenvalue weighted by atomic mass is 10.1. The molecular weight excluding hydrogens is 322 g/mol. The fourth-order valence-electron chi connectivity index (χ4n) is 2.97. The maximum Gasteiger partial charge on any atom is 0.317 e. The van der Waals surface area contributed by atoms with E-state index in [0.29, 0.717) is 12.5 Å². The van der Waals surface area contributed by atoms with Crippen LogP contribution < -0.4 is 5.32 Å². The number of carbonyl (C=O) groups excluding carboxylic acids is 1. The molecule has 0 aliphatic carbocycles. The topological polar surface area (TPSA) is 54.5 Å². The van der Waals surface area contributed by atoms with Crippen LogP contribution in [0.4, 0.5) is 4.79 Å². The quantitative estimate of drug-likeness (QED) is 0.905. The third-order valence-corrected chi connectivity index (χ3v) is 5.06. The van der Waals surface area contributed by atoms with Crippen LogP contribution in [-0.4, -0.2) is 42.7 Å². The lowest BCUT2D eigenvalue weighted by molar-refractivity contribution is 0.153. The summed E-state index contributed by atoms with van der Waals surface area (Å²) in [4.78, 5) is 18.6. The van der Waals surface area contributed by atoms with E-state index in [1.807, 2.05) is 24.0 Å². The second-order valence-corrected chi connectivity index (χ2v) is 7.23. The Bertz CT molecular complexity index is 684. The maximum atomic E-state index is 12.2. The molecule has 1 atom stereocenters. The molecule has 1 aliphatic rings.